The zero-order chi connectivity index (χ0) is 13.0. The first kappa shape index (κ1) is 12.9. The minimum Gasteiger partial charge on any atom is -0.373 e. The highest BCUT2D eigenvalue weighted by molar-refractivity contribution is 7.89. The first-order valence-electron chi connectivity index (χ1n) is 5.12. The molecule has 0 spiro atoms. The fourth-order valence-corrected chi connectivity index (χ4v) is 2.86. The van der Waals surface area contributed by atoms with Crippen molar-refractivity contribution in [3.8, 4) is 0 Å². The van der Waals surface area contributed by atoms with Crippen LogP contribution >= 0.6 is 11.3 Å². The quantitative estimate of drug-likeness (QED) is 0.857. The molecule has 0 radical (unpaired) electrons. The summed E-state index contributed by atoms with van der Waals surface area (Å²) in [5, 5.41) is 4.59. The van der Waals surface area contributed by atoms with E-state index in [9.17, 15) is 8.42 Å². The number of thiazole rings is 1. The molecular weight excluding hydrogens is 272 g/mol. The van der Waals surface area contributed by atoms with Crippen molar-refractivity contribution >= 4 is 27.2 Å². The Morgan fingerprint density at radius 1 is 1.39 bits per heavy atom. The lowest BCUT2D eigenvalue weighted by Gasteiger charge is -2.06. The number of anilines is 1. The lowest BCUT2D eigenvalue weighted by molar-refractivity contribution is 0.580. The Kier molecular flexibility index (Phi) is 3.90. The van der Waals surface area contributed by atoms with Crippen molar-refractivity contribution in [3.05, 3.63) is 34.9 Å². The molecule has 0 amide bonds. The average Bonchev–Trinajstić information content (AvgIpc) is 2.90. The Morgan fingerprint density at radius 2 is 2.22 bits per heavy atom. The van der Waals surface area contributed by atoms with E-state index in [4.69, 9.17) is 0 Å². The molecule has 2 N–H and O–H groups in total. The van der Waals surface area contributed by atoms with Crippen molar-refractivity contribution in [1.29, 1.82) is 0 Å². The second-order valence-corrected chi connectivity index (χ2v) is 5.92. The summed E-state index contributed by atoms with van der Waals surface area (Å²) in [6, 6.07) is 2.92. The highest BCUT2D eigenvalue weighted by Crippen LogP contribution is 2.12. The molecule has 0 atom stereocenters. The third-order valence-electron chi connectivity index (χ3n) is 2.22. The van der Waals surface area contributed by atoms with Gasteiger partial charge in [-0.25, -0.2) is 23.1 Å². The van der Waals surface area contributed by atoms with Gasteiger partial charge in [0.1, 0.15) is 5.82 Å². The van der Waals surface area contributed by atoms with Crippen molar-refractivity contribution in [2.45, 2.75) is 11.4 Å². The number of nitrogens with one attached hydrogen (secondary N) is 2. The van der Waals surface area contributed by atoms with Gasteiger partial charge in [-0.15, -0.1) is 11.3 Å². The standard InChI is InChI=1S/C10H12N4O2S2/c1-11-10-4-9(2-3-12-10)18(15,16)14-5-8-6-17-7-13-8/h2-4,6-7,14H,5H2,1H3,(H,11,12). The van der Waals surface area contributed by atoms with Gasteiger partial charge in [0.05, 0.1) is 22.6 Å². The molecule has 0 aliphatic carbocycles. The van der Waals surface area contributed by atoms with Crippen LogP contribution in [0.15, 0.2) is 34.1 Å². The summed E-state index contributed by atoms with van der Waals surface area (Å²) in [5.74, 6) is 0.506. The first-order valence-corrected chi connectivity index (χ1v) is 7.55. The molecule has 18 heavy (non-hydrogen) atoms. The van der Waals surface area contributed by atoms with E-state index in [2.05, 4.69) is 20.0 Å². The van der Waals surface area contributed by atoms with Gasteiger partial charge in [-0.05, 0) is 6.07 Å². The minimum absolute atomic E-state index is 0.178. The second kappa shape index (κ2) is 5.42. The van der Waals surface area contributed by atoms with Gasteiger partial charge in [0.25, 0.3) is 0 Å². The molecule has 0 aliphatic rings. The molecule has 2 aromatic rings. The normalized spacial score (nSPS) is 11.4. The fourth-order valence-electron chi connectivity index (χ4n) is 1.29. The molecular formula is C10H12N4O2S2. The smallest absolute Gasteiger partial charge is 0.241 e. The van der Waals surface area contributed by atoms with Crippen LogP contribution in [0.3, 0.4) is 0 Å². The summed E-state index contributed by atoms with van der Waals surface area (Å²) in [5.41, 5.74) is 2.36. The molecule has 8 heteroatoms. The van der Waals surface area contributed by atoms with Crippen LogP contribution in [-0.4, -0.2) is 25.4 Å². The Hall–Kier alpha value is -1.51. The monoisotopic (exact) mass is 284 g/mol. The molecule has 2 heterocycles. The number of rotatable bonds is 5. The van der Waals surface area contributed by atoms with Crippen molar-refractivity contribution in [1.82, 2.24) is 14.7 Å². The van der Waals surface area contributed by atoms with Crippen molar-refractivity contribution in [2.24, 2.45) is 0 Å². The minimum atomic E-state index is -3.53. The number of aromatic nitrogens is 2. The van der Waals surface area contributed by atoms with Crippen LogP contribution in [-0.2, 0) is 16.6 Å². The van der Waals surface area contributed by atoms with Crippen LogP contribution in [0.4, 0.5) is 5.82 Å². The van der Waals surface area contributed by atoms with Gasteiger partial charge in [0, 0.05) is 24.7 Å². The van der Waals surface area contributed by atoms with Gasteiger partial charge >= 0.3 is 0 Å². The maximum absolute atomic E-state index is 12.0. The number of nitrogens with zero attached hydrogens (tertiary/aromatic N) is 2. The van der Waals surface area contributed by atoms with Gasteiger partial charge in [-0.1, -0.05) is 0 Å². The Balaban J connectivity index is 2.14. The predicted molar refractivity (Wildman–Crippen MR) is 69.9 cm³/mol. The lowest BCUT2D eigenvalue weighted by atomic mass is 10.5. The summed E-state index contributed by atoms with van der Waals surface area (Å²) >= 11 is 1.43. The topological polar surface area (TPSA) is 84.0 Å². The third kappa shape index (κ3) is 3.03. The molecule has 0 unspecified atom stereocenters. The van der Waals surface area contributed by atoms with Gasteiger partial charge < -0.3 is 5.32 Å². The summed E-state index contributed by atoms with van der Waals surface area (Å²) in [4.78, 5) is 8.16. The van der Waals surface area contributed by atoms with Gasteiger partial charge in [-0.3, -0.25) is 0 Å². The SMILES string of the molecule is CNc1cc(S(=O)(=O)NCc2cscn2)ccn1. The summed E-state index contributed by atoms with van der Waals surface area (Å²) < 4.78 is 26.5. The summed E-state index contributed by atoms with van der Waals surface area (Å²) in [7, 11) is -1.85. The van der Waals surface area contributed by atoms with Crippen LogP contribution in [0.25, 0.3) is 0 Å². The Morgan fingerprint density at radius 3 is 2.89 bits per heavy atom. The molecule has 0 saturated heterocycles. The van der Waals surface area contributed by atoms with Crippen LogP contribution in [0, 0.1) is 0 Å². The van der Waals surface area contributed by atoms with Crippen LogP contribution in [0.5, 0.6) is 0 Å². The molecule has 0 bridgehead atoms. The molecule has 0 aliphatic heterocycles. The van der Waals surface area contributed by atoms with Crippen molar-refractivity contribution < 1.29 is 8.42 Å². The molecule has 96 valence electrons. The van der Waals surface area contributed by atoms with E-state index in [-0.39, 0.29) is 11.4 Å². The maximum atomic E-state index is 12.0. The highest BCUT2D eigenvalue weighted by Gasteiger charge is 2.14. The van der Waals surface area contributed by atoms with E-state index in [1.54, 1.807) is 17.9 Å². The molecule has 2 aromatic heterocycles. The van der Waals surface area contributed by atoms with E-state index < -0.39 is 10.0 Å². The van der Waals surface area contributed by atoms with Crippen molar-refractivity contribution in [3.63, 3.8) is 0 Å². The van der Waals surface area contributed by atoms with Crippen LogP contribution in [0.1, 0.15) is 5.69 Å². The zero-order valence-corrected chi connectivity index (χ0v) is 11.3. The molecule has 0 aromatic carbocycles. The summed E-state index contributed by atoms with van der Waals surface area (Å²) in [6.07, 6.45) is 1.45. The number of sulfonamides is 1. The fraction of sp³-hybridized carbons (Fsp3) is 0.200. The highest BCUT2D eigenvalue weighted by atomic mass is 32.2. The van der Waals surface area contributed by atoms with E-state index in [1.807, 2.05) is 0 Å². The van der Waals surface area contributed by atoms with Gasteiger partial charge in [0.15, 0.2) is 0 Å². The molecule has 6 nitrogen and oxygen atoms in total. The first-order chi connectivity index (χ1) is 8.62. The van der Waals surface area contributed by atoms with E-state index in [0.29, 0.717) is 11.5 Å². The molecule has 0 fully saturated rings. The van der Waals surface area contributed by atoms with E-state index in [0.717, 1.165) is 0 Å². The van der Waals surface area contributed by atoms with Crippen LogP contribution in [0.2, 0.25) is 0 Å². The maximum Gasteiger partial charge on any atom is 0.241 e. The van der Waals surface area contributed by atoms with E-state index in [1.165, 1.54) is 29.7 Å². The lowest BCUT2D eigenvalue weighted by Crippen LogP contribution is -2.23. The van der Waals surface area contributed by atoms with E-state index >= 15 is 0 Å². The Bertz CT molecular complexity index is 611. The third-order valence-corrected chi connectivity index (χ3v) is 4.26. The number of hydrogen-bond acceptors (Lipinski definition) is 6. The largest absolute Gasteiger partial charge is 0.373 e. The predicted octanol–water partition coefficient (Wildman–Crippen LogP) is 1.06. The molecule has 0 saturated carbocycles. The number of hydrogen-bond donors (Lipinski definition) is 2. The molecule has 2 rings (SSSR count). The summed E-state index contributed by atoms with van der Waals surface area (Å²) in [6.45, 7) is 0.184. The average molecular weight is 284 g/mol. The van der Waals surface area contributed by atoms with Gasteiger partial charge in [-0.2, -0.15) is 0 Å². The van der Waals surface area contributed by atoms with Gasteiger partial charge in [0.2, 0.25) is 10.0 Å². The van der Waals surface area contributed by atoms with Crippen molar-refractivity contribution in [2.75, 3.05) is 12.4 Å². The second-order valence-electron chi connectivity index (χ2n) is 3.43. The zero-order valence-electron chi connectivity index (χ0n) is 9.62. The van der Waals surface area contributed by atoms with Crippen LogP contribution < -0.4 is 10.0 Å². The Labute approximate surface area is 109 Å². The number of pyridine rings is 1.